The summed E-state index contributed by atoms with van der Waals surface area (Å²) in [7, 11) is 0. The first-order chi connectivity index (χ1) is 17.0. The smallest absolute Gasteiger partial charge is 0.341 e. The van der Waals surface area contributed by atoms with E-state index in [0.29, 0.717) is 14.7 Å². The highest BCUT2D eigenvalue weighted by molar-refractivity contribution is 9.11. The number of hydrogen-bond donors (Lipinski definition) is 1. The van der Waals surface area contributed by atoms with Crippen LogP contribution in [0.3, 0.4) is 0 Å². The van der Waals surface area contributed by atoms with E-state index in [1.165, 1.54) is 31.7 Å². The SMILES string of the molecule is O=C(O)COc1c(Br)cc(-c2ccc(-c3c(Cc4ccccc4)sc4ccccc34)cc2)cc1Br. The molecule has 0 spiro atoms. The maximum absolute atomic E-state index is 10.9. The van der Waals surface area contributed by atoms with E-state index in [1.54, 1.807) is 0 Å². The summed E-state index contributed by atoms with van der Waals surface area (Å²) >= 11 is 8.88. The van der Waals surface area contributed by atoms with E-state index >= 15 is 0 Å². The molecule has 3 nitrogen and oxygen atoms in total. The van der Waals surface area contributed by atoms with E-state index in [9.17, 15) is 4.79 Å². The predicted octanol–water partition coefficient (Wildman–Crippen LogP) is 8.81. The van der Waals surface area contributed by atoms with Crippen molar-refractivity contribution >= 4 is 59.3 Å². The quantitative estimate of drug-likeness (QED) is 0.201. The number of fused-ring (bicyclic) bond motifs is 1. The van der Waals surface area contributed by atoms with Crippen molar-refractivity contribution in [1.82, 2.24) is 0 Å². The van der Waals surface area contributed by atoms with E-state index in [-0.39, 0.29) is 0 Å². The lowest BCUT2D eigenvalue weighted by atomic mass is 9.96. The zero-order chi connectivity index (χ0) is 24.4. The maximum atomic E-state index is 10.9. The summed E-state index contributed by atoms with van der Waals surface area (Å²) in [5, 5.41) is 10.2. The van der Waals surface area contributed by atoms with Crippen LogP contribution in [-0.4, -0.2) is 17.7 Å². The number of carbonyl (C=O) groups is 1. The lowest BCUT2D eigenvalue weighted by molar-refractivity contribution is -0.139. The van der Waals surface area contributed by atoms with Gasteiger partial charge in [0.1, 0.15) is 5.75 Å². The van der Waals surface area contributed by atoms with Gasteiger partial charge in [0, 0.05) is 26.9 Å². The van der Waals surface area contributed by atoms with Crippen molar-refractivity contribution in [3.63, 3.8) is 0 Å². The molecule has 0 saturated carbocycles. The Bertz CT molecular complexity index is 1490. The summed E-state index contributed by atoms with van der Waals surface area (Å²) in [6, 6.07) is 31.7. The normalized spacial score (nSPS) is 11.0. The van der Waals surface area contributed by atoms with Crippen molar-refractivity contribution in [2.24, 2.45) is 0 Å². The van der Waals surface area contributed by atoms with Crippen LogP contribution in [0.25, 0.3) is 32.3 Å². The number of thiophene rings is 1. The number of carboxylic acid groups (broad SMARTS) is 1. The number of ether oxygens (including phenoxy) is 1. The third-order valence-corrected chi connectivity index (χ3v) is 8.07. The first-order valence-electron chi connectivity index (χ1n) is 11.0. The highest BCUT2D eigenvalue weighted by atomic mass is 79.9. The van der Waals surface area contributed by atoms with Gasteiger partial charge in [-0.1, -0.05) is 72.8 Å². The fourth-order valence-corrected chi connectivity index (χ4v) is 6.82. The molecule has 35 heavy (non-hydrogen) atoms. The molecule has 0 atom stereocenters. The lowest BCUT2D eigenvalue weighted by Crippen LogP contribution is -2.10. The van der Waals surface area contributed by atoms with Gasteiger partial charge in [-0.25, -0.2) is 4.79 Å². The van der Waals surface area contributed by atoms with Crippen LogP contribution in [-0.2, 0) is 11.2 Å². The predicted molar refractivity (Wildman–Crippen MR) is 150 cm³/mol. The van der Waals surface area contributed by atoms with Gasteiger partial charge in [0.15, 0.2) is 6.61 Å². The Kier molecular flexibility index (Phi) is 7.04. The van der Waals surface area contributed by atoms with Crippen molar-refractivity contribution in [3.05, 3.63) is 110 Å². The van der Waals surface area contributed by atoms with Gasteiger partial charge in [-0.3, -0.25) is 0 Å². The van der Waals surface area contributed by atoms with Crippen LogP contribution in [0, 0.1) is 0 Å². The largest absolute Gasteiger partial charge is 0.480 e. The van der Waals surface area contributed by atoms with E-state index in [2.05, 4.69) is 111 Å². The zero-order valence-electron chi connectivity index (χ0n) is 18.5. The van der Waals surface area contributed by atoms with E-state index in [4.69, 9.17) is 9.84 Å². The molecule has 1 N–H and O–H groups in total. The number of halogens is 2. The van der Waals surface area contributed by atoms with Crippen molar-refractivity contribution < 1.29 is 14.6 Å². The molecule has 0 fully saturated rings. The first kappa shape index (κ1) is 23.8. The number of hydrogen-bond acceptors (Lipinski definition) is 3. The van der Waals surface area contributed by atoms with Crippen LogP contribution in [0.4, 0.5) is 0 Å². The summed E-state index contributed by atoms with van der Waals surface area (Å²) in [4.78, 5) is 12.2. The van der Waals surface area contributed by atoms with Crippen LogP contribution < -0.4 is 4.74 Å². The van der Waals surface area contributed by atoms with Gasteiger partial charge in [-0.15, -0.1) is 11.3 Å². The Labute approximate surface area is 224 Å². The molecular weight excluding hydrogens is 588 g/mol. The second-order valence-corrected chi connectivity index (χ2v) is 10.9. The zero-order valence-corrected chi connectivity index (χ0v) is 22.5. The third-order valence-electron chi connectivity index (χ3n) is 5.72. The van der Waals surface area contributed by atoms with E-state index < -0.39 is 12.6 Å². The molecule has 1 aromatic heterocycles. The van der Waals surface area contributed by atoms with Crippen molar-refractivity contribution in [3.8, 4) is 28.0 Å². The molecule has 0 unspecified atom stereocenters. The third kappa shape index (κ3) is 5.20. The van der Waals surface area contributed by atoms with Crippen LogP contribution in [0.1, 0.15) is 10.4 Å². The summed E-state index contributed by atoms with van der Waals surface area (Å²) in [6.45, 7) is -0.398. The number of aliphatic carboxylic acids is 1. The van der Waals surface area contributed by atoms with Gasteiger partial charge in [-0.05, 0) is 72.3 Å². The fourth-order valence-electron chi connectivity index (χ4n) is 4.15. The van der Waals surface area contributed by atoms with Crippen LogP contribution in [0.15, 0.2) is 99.9 Å². The van der Waals surface area contributed by atoms with Crippen LogP contribution in [0.5, 0.6) is 5.75 Å². The highest BCUT2D eigenvalue weighted by Gasteiger charge is 2.16. The molecule has 1 heterocycles. The Balaban J connectivity index is 1.50. The summed E-state index contributed by atoms with van der Waals surface area (Å²) < 4.78 is 8.08. The van der Waals surface area contributed by atoms with E-state index in [1.807, 2.05) is 23.5 Å². The van der Waals surface area contributed by atoms with Gasteiger partial charge in [0.25, 0.3) is 0 Å². The van der Waals surface area contributed by atoms with Crippen molar-refractivity contribution in [2.45, 2.75) is 6.42 Å². The minimum Gasteiger partial charge on any atom is -0.480 e. The average molecular weight is 608 g/mol. The maximum Gasteiger partial charge on any atom is 0.341 e. The topological polar surface area (TPSA) is 46.5 Å². The van der Waals surface area contributed by atoms with Crippen molar-refractivity contribution in [2.75, 3.05) is 6.61 Å². The van der Waals surface area contributed by atoms with Crippen LogP contribution in [0.2, 0.25) is 0 Å². The summed E-state index contributed by atoms with van der Waals surface area (Å²) in [5.74, 6) is -0.542. The molecule has 0 radical (unpaired) electrons. The monoisotopic (exact) mass is 606 g/mol. The minimum atomic E-state index is -1.02. The molecule has 0 aliphatic heterocycles. The first-order valence-corrected chi connectivity index (χ1v) is 13.4. The fraction of sp³-hybridized carbons (Fsp3) is 0.0690. The minimum absolute atomic E-state index is 0.398. The number of rotatable bonds is 7. The molecule has 6 heteroatoms. The Hall–Kier alpha value is -2.93. The Morgan fingerprint density at radius 3 is 2.11 bits per heavy atom. The standard InChI is InChI=1S/C29H20Br2O3S/c30-23-15-21(16-24(31)29(23)34-17-27(32)33)19-10-12-20(13-11-19)28-22-8-4-5-9-25(22)35-26(28)14-18-6-2-1-3-7-18/h1-13,15-16H,14,17H2,(H,32,33). The van der Waals surface area contributed by atoms with Gasteiger partial charge in [0.05, 0.1) is 8.95 Å². The lowest BCUT2D eigenvalue weighted by Gasteiger charge is -2.12. The molecule has 0 bridgehead atoms. The van der Waals surface area contributed by atoms with E-state index in [0.717, 1.165) is 17.5 Å². The average Bonchev–Trinajstić information content (AvgIpc) is 3.21. The van der Waals surface area contributed by atoms with Crippen molar-refractivity contribution in [1.29, 1.82) is 0 Å². The highest BCUT2D eigenvalue weighted by Crippen LogP contribution is 2.42. The van der Waals surface area contributed by atoms with Gasteiger partial charge in [-0.2, -0.15) is 0 Å². The molecule has 4 aromatic carbocycles. The van der Waals surface area contributed by atoms with Gasteiger partial charge in [0.2, 0.25) is 0 Å². The molecule has 0 saturated heterocycles. The second-order valence-electron chi connectivity index (χ2n) is 8.09. The summed E-state index contributed by atoms with van der Waals surface area (Å²) in [5.41, 5.74) is 5.84. The Morgan fingerprint density at radius 1 is 0.800 bits per heavy atom. The second kappa shape index (κ2) is 10.4. The molecule has 0 amide bonds. The number of benzene rings is 4. The molecule has 0 aliphatic rings. The number of carboxylic acids is 1. The summed E-state index contributed by atoms with van der Waals surface area (Å²) in [6.07, 6.45) is 0.898. The molecule has 174 valence electrons. The van der Waals surface area contributed by atoms with Gasteiger partial charge < -0.3 is 9.84 Å². The molecular formula is C29H20Br2O3S. The Morgan fingerprint density at radius 2 is 1.43 bits per heavy atom. The van der Waals surface area contributed by atoms with Gasteiger partial charge >= 0.3 is 5.97 Å². The molecule has 5 aromatic rings. The van der Waals surface area contributed by atoms with Crippen LogP contribution >= 0.6 is 43.2 Å². The molecule has 5 rings (SSSR count). The molecule has 0 aliphatic carbocycles.